The molecule has 0 unspecified atom stereocenters. The Balaban J connectivity index is 1.59. The second-order valence-electron chi connectivity index (χ2n) is 6.95. The van der Waals surface area contributed by atoms with Crippen LogP contribution in [-0.4, -0.2) is 57.7 Å². The van der Waals surface area contributed by atoms with Gasteiger partial charge in [0.05, 0.1) is 6.61 Å². The van der Waals surface area contributed by atoms with E-state index in [-0.39, 0.29) is 5.91 Å². The Morgan fingerprint density at radius 1 is 0.966 bits per heavy atom. The average molecular weight is 397 g/mol. The molecule has 0 atom stereocenters. The highest BCUT2D eigenvalue weighted by Gasteiger charge is 2.07. The van der Waals surface area contributed by atoms with Crippen molar-refractivity contribution in [1.82, 2.24) is 15.5 Å². The lowest BCUT2D eigenvalue weighted by molar-refractivity contribution is 0.0827. The number of hydrogen-bond donors (Lipinski definition) is 2. The van der Waals surface area contributed by atoms with Gasteiger partial charge in [-0.05, 0) is 36.1 Å². The maximum Gasteiger partial charge on any atom is 0.253 e. The number of guanidine groups is 1. The van der Waals surface area contributed by atoms with E-state index in [1.54, 1.807) is 26.0 Å². The van der Waals surface area contributed by atoms with Gasteiger partial charge in [-0.1, -0.05) is 42.5 Å². The van der Waals surface area contributed by atoms with Crippen LogP contribution in [0.5, 0.6) is 0 Å². The summed E-state index contributed by atoms with van der Waals surface area (Å²) < 4.78 is 5.70. The lowest BCUT2D eigenvalue weighted by Crippen LogP contribution is -2.37. The Kier molecular flexibility index (Phi) is 9.72. The molecular formula is C23H32N4O2. The zero-order chi connectivity index (χ0) is 20.9. The minimum Gasteiger partial charge on any atom is -0.381 e. The number of benzene rings is 2. The summed E-state index contributed by atoms with van der Waals surface area (Å²) in [5.74, 6) is 0.760. The molecule has 0 heterocycles. The molecule has 29 heavy (non-hydrogen) atoms. The van der Waals surface area contributed by atoms with E-state index in [0.29, 0.717) is 12.1 Å². The van der Waals surface area contributed by atoms with Crippen LogP contribution in [0.2, 0.25) is 0 Å². The van der Waals surface area contributed by atoms with Crippen molar-refractivity contribution >= 4 is 11.9 Å². The Hall–Kier alpha value is -2.86. The van der Waals surface area contributed by atoms with E-state index in [9.17, 15) is 4.79 Å². The van der Waals surface area contributed by atoms with Crippen molar-refractivity contribution in [2.45, 2.75) is 19.4 Å². The summed E-state index contributed by atoms with van der Waals surface area (Å²) in [5.41, 5.74) is 3.08. The molecule has 0 fully saturated rings. The fraction of sp³-hybridized carbons (Fsp3) is 0.391. The van der Waals surface area contributed by atoms with Gasteiger partial charge in [0.25, 0.3) is 5.91 Å². The average Bonchev–Trinajstić information content (AvgIpc) is 2.75. The molecule has 2 rings (SSSR count). The van der Waals surface area contributed by atoms with Gasteiger partial charge in [0, 0.05) is 46.4 Å². The number of carbonyl (C=O) groups excluding carboxylic acids is 1. The van der Waals surface area contributed by atoms with Crippen LogP contribution in [0.3, 0.4) is 0 Å². The molecule has 6 heteroatoms. The van der Waals surface area contributed by atoms with Gasteiger partial charge in [0.15, 0.2) is 5.96 Å². The van der Waals surface area contributed by atoms with Gasteiger partial charge in [0.1, 0.15) is 0 Å². The van der Waals surface area contributed by atoms with Crippen LogP contribution < -0.4 is 10.6 Å². The van der Waals surface area contributed by atoms with Crippen molar-refractivity contribution in [3.8, 4) is 0 Å². The Labute approximate surface area is 174 Å². The molecule has 0 aliphatic rings. The molecule has 0 aliphatic heterocycles. The van der Waals surface area contributed by atoms with Crippen LogP contribution in [-0.2, 0) is 17.7 Å². The van der Waals surface area contributed by atoms with Gasteiger partial charge in [-0.2, -0.15) is 0 Å². The van der Waals surface area contributed by atoms with E-state index < -0.39 is 0 Å². The Morgan fingerprint density at radius 2 is 1.69 bits per heavy atom. The normalized spacial score (nSPS) is 11.2. The van der Waals surface area contributed by atoms with E-state index in [4.69, 9.17) is 4.74 Å². The van der Waals surface area contributed by atoms with Gasteiger partial charge in [-0.15, -0.1) is 0 Å². The minimum absolute atomic E-state index is 0.00738. The van der Waals surface area contributed by atoms with Gasteiger partial charge in [-0.25, -0.2) is 0 Å². The lowest BCUT2D eigenvalue weighted by atomic mass is 10.1. The molecule has 2 N–H and O–H groups in total. The smallest absolute Gasteiger partial charge is 0.253 e. The highest BCUT2D eigenvalue weighted by molar-refractivity contribution is 5.93. The summed E-state index contributed by atoms with van der Waals surface area (Å²) in [5, 5.41) is 6.57. The molecule has 0 spiro atoms. The Morgan fingerprint density at radius 3 is 2.34 bits per heavy atom. The number of ether oxygens (including phenoxy) is 1. The van der Waals surface area contributed by atoms with E-state index in [0.717, 1.165) is 44.1 Å². The number of hydrogen-bond acceptors (Lipinski definition) is 3. The first-order chi connectivity index (χ1) is 14.1. The number of nitrogens with one attached hydrogen (secondary N) is 2. The lowest BCUT2D eigenvalue weighted by Gasteiger charge is -2.13. The zero-order valence-electron chi connectivity index (χ0n) is 17.6. The van der Waals surface area contributed by atoms with Crippen molar-refractivity contribution < 1.29 is 9.53 Å². The zero-order valence-corrected chi connectivity index (χ0v) is 17.6. The van der Waals surface area contributed by atoms with E-state index in [1.165, 1.54) is 5.56 Å². The van der Waals surface area contributed by atoms with E-state index in [2.05, 4.69) is 39.9 Å². The highest BCUT2D eigenvalue weighted by Crippen LogP contribution is 2.06. The predicted molar refractivity (Wildman–Crippen MR) is 118 cm³/mol. The van der Waals surface area contributed by atoms with Crippen molar-refractivity contribution in [3.63, 3.8) is 0 Å². The molecule has 0 bridgehead atoms. The second kappa shape index (κ2) is 12.6. The fourth-order valence-corrected chi connectivity index (χ4v) is 2.75. The molecule has 6 nitrogen and oxygen atoms in total. The van der Waals surface area contributed by atoms with E-state index in [1.807, 2.05) is 30.3 Å². The number of carbonyl (C=O) groups is 1. The molecule has 0 aliphatic carbocycles. The van der Waals surface area contributed by atoms with Crippen LogP contribution in [0.4, 0.5) is 0 Å². The third-order valence-corrected chi connectivity index (χ3v) is 4.43. The molecule has 0 aromatic heterocycles. The quantitative estimate of drug-likeness (QED) is 0.368. The van der Waals surface area contributed by atoms with Crippen molar-refractivity contribution in [1.29, 1.82) is 0 Å². The van der Waals surface area contributed by atoms with Crippen LogP contribution in [0.15, 0.2) is 59.6 Å². The fourth-order valence-electron chi connectivity index (χ4n) is 2.75. The first-order valence-corrected chi connectivity index (χ1v) is 9.97. The molecule has 1 amide bonds. The van der Waals surface area contributed by atoms with Crippen molar-refractivity contribution in [2.75, 3.05) is 40.9 Å². The summed E-state index contributed by atoms with van der Waals surface area (Å²) in [6, 6.07) is 18.0. The summed E-state index contributed by atoms with van der Waals surface area (Å²) in [4.78, 5) is 17.7. The molecule has 0 saturated heterocycles. The summed E-state index contributed by atoms with van der Waals surface area (Å²) in [7, 11) is 5.26. The van der Waals surface area contributed by atoms with Crippen LogP contribution in [0.1, 0.15) is 27.9 Å². The minimum atomic E-state index is 0.00738. The van der Waals surface area contributed by atoms with Crippen molar-refractivity contribution in [3.05, 3.63) is 71.3 Å². The third kappa shape index (κ3) is 8.35. The van der Waals surface area contributed by atoms with Gasteiger partial charge < -0.3 is 20.3 Å². The molecule has 0 saturated carbocycles. The molecule has 0 radical (unpaired) electrons. The first kappa shape index (κ1) is 22.4. The third-order valence-electron chi connectivity index (χ3n) is 4.43. The topological polar surface area (TPSA) is 66.0 Å². The maximum absolute atomic E-state index is 11.9. The van der Waals surface area contributed by atoms with Crippen molar-refractivity contribution in [2.24, 2.45) is 4.99 Å². The monoisotopic (exact) mass is 396 g/mol. The SMILES string of the molecule is CN=C(NCCCOCCc1ccccc1)NCc1ccc(C(=O)N(C)C)cc1. The predicted octanol–water partition coefficient (Wildman–Crippen LogP) is 2.70. The van der Waals surface area contributed by atoms with E-state index >= 15 is 0 Å². The standard InChI is InChI=1S/C23H32N4O2/c1-24-23(25-15-7-16-29-17-14-19-8-5-4-6-9-19)26-18-20-10-12-21(13-11-20)22(28)27(2)3/h4-6,8-13H,7,14-18H2,1-3H3,(H2,24,25,26). The first-order valence-electron chi connectivity index (χ1n) is 9.97. The second-order valence-corrected chi connectivity index (χ2v) is 6.95. The molecular weight excluding hydrogens is 364 g/mol. The van der Waals surface area contributed by atoms with Crippen LogP contribution >= 0.6 is 0 Å². The van der Waals surface area contributed by atoms with Gasteiger partial charge in [-0.3, -0.25) is 9.79 Å². The summed E-state index contributed by atoms with van der Waals surface area (Å²) in [6.07, 6.45) is 1.85. The number of rotatable bonds is 10. The van der Waals surface area contributed by atoms with Gasteiger partial charge in [0.2, 0.25) is 0 Å². The molecule has 156 valence electrons. The molecule has 2 aromatic rings. The number of aliphatic imine (C=N–C) groups is 1. The summed E-state index contributed by atoms with van der Waals surface area (Å²) >= 11 is 0. The van der Waals surface area contributed by atoms with Crippen LogP contribution in [0.25, 0.3) is 0 Å². The summed E-state index contributed by atoms with van der Waals surface area (Å²) in [6.45, 7) is 2.90. The maximum atomic E-state index is 11.9. The molecule has 2 aromatic carbocycles. The van der Waals surface area contributed by atoms with Gasteiger partial charge >= 0.3 is 0 Å². The van der Waals surface area contributed by atoms with Crippen LogP contribution in [0, 0.1) is 0 Å². The Bertz CT molecular complexity index is 758. The number of amides is 1. The highest BCUT2D eigenvalue weighted by atomic mass is 16.5. The largest absolute Gasteiger partial charge is 0.381 e. The number of nitrogens with zero attached hydrogens (tertiary/aromatic N) is 2.